The lowest BCUT2D eigenvalue weighted by Crippen LogP contribution is -2.71. The van der Waals surface area contributed by atoms with Crippen LogP contribution in [0.1, 0.15) is 70.8 Å². The van der Waals surface area contributed by atoms with E-state index in [0.29, 0.717) is 24.7 Å². The van der Waals surface area contributed by atoms with Crippen LogP contribution in [0, 0.1) is 5.41 Å². The van der Waals surface area contributed by atoms with Gasteiger partial charge in [-0.15, -0.1) is 0 Å². The standard InChI is InChI=1S/C30H43N7O9S/c1-6-8-10-43-20-12-17(32-13-21(20)44-11-9-7-2)25(39)33-14-22(38)45-15-18-24(27(41)34-18)36-26(40)23(31)19-16-47-28(35-19)37-29(42)46-30(3,4)5/h12-13,18-19,24,31H,6-11,14-16H2,1-5H3,(H,33,39)(H,34,41)(H,36,40)(H,35,37,42)/t18-,19?,24+/m1/s1. The summed E-state index contributed by atoms with van der Waals surface area (Å²) < 4.78 is 21.9. The number of nitrogens with one attached hydrogen (secondary N) is 5. The third-order valence-electron chi connectivity index (χ3n) is 6.53. The van der Waals surface area contributed by atoms with Gasteiger partial charge in [-0.05, 0) is 33.6 Å². The fraction of sp³-hybridized carbons (Fsp3) is 0.600. The number of pyridine rings is 1. The monoisotopic (exact) mass is 677 g/mol. The van der Waals surface area contributed by atoms with E-state index in [9.17, 15) is 24.0 Å². The maximum atomic E-state index is 12.7. The van der Waals surface area contributed by atoms with Crippen LogP contribution in [0.15, 0.2) is 17.3 Å². The van der Waals surface area contributed by atoms with Crippen molar-refractivity contribution in [3.05, 3.63) is 18.0 Å². The summed E-state index contributed by atoms with van der Waals surface area (Å²) >= 11 is 1.15. The zero-order valence-corrected chi connectivity index (χ0v) is 28.0. The van der Waals surface area contributed by atoms with Crippen molar-refractivity contribution in [1.82, 2.24) is 26.3 Å². The number of thioether (sulfide) groups is 1. The highest BCUT2D eigenvalue weighted by atomic mass is 32.2. The molecule has 0 aromatic carbocycles. The molecule has 258 valence electrons. The number of unbranched alkanes of at least 4 members (excludes halogenated alkanes) is 2. The molecule has 17 heteroatoms. The van der Waals surface area contributed by atoms with E-state index in [2.05, 4.69) is 31.2 Å². The highest BCUT2D eigenvalue weighted by molar-refractivity contribution is 8.14. The lowest BCUT2D eigenvalue weighted by Gasteiger charge is -2.36. The number of hydrogen-bond donors (Lipinski definition) is 5. The molecule has 1 unspecified atom stereocenters. The molecule has 0 bridgehead atoms. The number of rotatable bonds is 16. The predicted molar refractivity (Wildman–Crippen MR) is 173 cm³/mol. The molecule has 2 aliphatic heterocycles. The zero-order chi connectivity index (χ0) is 34.6. The summed E-state index contributed by atoms with van der Waals surface area (Å²) in [6.07, 6.45) is 4.27. The summed E-state index contributed by atoms with van der Waals surface area (Å²) in [4.78, 5) is 70.1. The molecule has 1 aromatic rings. The smallest absolute Gasteiger partial charge is 0.413 e. The minimum Gasteiger partial charge on any atom is -0.490 e. The Kier molecular flexibility index (Phi) is 13.8. The van der Waals surface area contributed by atoms with Gasteiger partial charge in [0.25, 0.3) is 11.8 Å². The first-order valence-electron chi connectivity index (χ1n) is 15.4. The van der Waals surface area contributed by atoms with Crippen molar-refractivity contribution in [2.24, 2.45) is 4.99 Å². The van der Waals surface area contributed by atoms with Crippen LogP contribution in [0.5, 0.6) is 11.5 Å². The summed E-state index contributed by atoms with van der Waals surface area (Å²) in [5.41, 5.74) is -1.07. The quantitative estimate of drug-likeness (QED) is 0.0734. The van der Waals surface area contributed by atoms with E-state index in [1.807, 2.05) is 13.8 Å². The highest BCUT2D eigenvalue weighted by Crippen LogP contribution is 2.27. The van der Waals surface area contributed by atoms with Crippen molar-refractivity contribution in [2.45, 2.75) is 84.0 Å². The Morgan fingerprint density at radius 2 is 1.77 bits per heavy atom. The van der Waals surface area contributed by atoms with Crippen LogP contribution in [0.4, 0.5) is 4.79 Å². The molecule has 1 saturated heterocycles. The number of aromatic nitrogens is 1. The Morgan fingerprint density at radius 1 is 1.09 bits per heavy atom. The van der Waals surface area contributed by atoms with Gasteiger partial charge in [0.2, 0.25) is 5.91 Å². The average molecular weight is 678 g/mol. The van der Waals surface area contributed by atoms with Crippen molar-refractivity contribution in [3.63, 3.8) is 0 Å². The third kappa shape index (κ3) is 11.7. The van der Waals surface area contributed by atoms with E-state index in [0.717, 1.165) is 37.4 Å². The van der Waals surface area contributed by atoms with Crippen molar-refractivity contribution < 1.29 is 42.9 Å². The zero-order valence-electron chi connectivity index (χ0n) is 27.2. The fourth-order valence-corrected chi connectivity index (χ4v) is 4.91. The molecule has 2 aliphatic rings. The Hall–Kier alpha value is -4.41. The van der Waals surface area contributed by atoms with Crippen molar-refractivity contribution in [3.8, 4) is 11.5 Å². The number of alkyl carbamates (subject to hydrolysis) is 1. The minimum atomic E-state index is -1.05. The van der Waals surface area contributed by atoms with Gasteiger partial charge in [0.05, 0.1) is 25.5 Å². The molecule has 1 fully saturated rings. The molecule has 0 spiro atoms. The number of amides is 4. The molecule has 1 aromatic heterocycles. The molecule has 5 N–H and O–H groups in total. The molecule has 16 nitrogen and oxygen atoms in total. The van der Waals surface area contributed by atoms with E-state index >= 15 is 0 Å². The van der Waals surface area contributed by atoms with Crippen molar-refractivity contribution >= 4 is 52.4 Å². The molecular weight excluding hydrogens is 634 g/mol. The van der Waals surface area contributed by atoms with E-state index in [4.69, 9.17) is 24.4 Å². The summed E-state index contributed by atoms with van der Waals surface area (Å²) in [6.45, 7) is 9.40. The molecular formula is C30H43N7O9S. The van der Waals surface area contributed by atoms with Gasteiger partial charge in [0.15, 0.2) is 16.7 Å². The summed E-state index contributed by atoms with van der Waals surface area (Å²) in [5, 5.41) is 18.4. The molecule has 0 saturated carbocycles. The number of hydrogen-bond acceptors (Lipinski definition) is 13. The molecule has 3 atom stereocenters. The van der Waals surface area contributed by atoms with Crippen LogP contribution in [0.3, 0.4) is 0 Å². The Morgan fingerprint density at radius 3 is 2.40 bits per heavy atom. The Bertz CT molecular complexity index is 1370. The van der Waals surface area contributed by atoms with Gasteiger partial charge in [-0.3, -0.25) is 34.9 Å². The fourth-order valence-electron chi connectivity index (χ4n) is 4.00. The first-order chi connectivity index (χ1) is 22.3. The Balaban J connectivity index is 1.45. The second kappa shape index (κ2) is 17.5. The van der Waals surface area contributed by atoms with Gasteiger partial charge >= 0.3 is 12.1 Å². The third-order valence-corrected chi connectivity index (χ3v) is 7.49. The second-order valence-corrected chi connectivity index (χ2v) is 12.7. The highest BCUT2D eigenvalue weighted by Gasteiger charge is 2.42. The molecule has 0 radical (unpaired) electrons. The SMILES string of the molecule is CCCCOc1cnc(C(=O)NCC(=O)OC[C@H]2NC(=O)[C@H]2NC(=O)C(=N)C2CSC(NC(=O)OC(C)(C)C)=N2)cc1OCCCC. The van der Waals surface area contributed by atoms with Crippen LogP contribution >= 0.6 is 11.8 Å². The van der Waals surface area contributed by atoms with Gasteiger partial charge in [0.1, 0.15) is 42.2 Å². The predicted octanol–water partition coefficient (Wildman–Crippen LogP) is 1.71. The van der Waals surface area contributed by atoms with E-state index < -0.39 is 65.8 Å². The number of carbonyl (C=O) groups is 5. The van der Waals surface area contributed by atoms with Crippen molar-refractivity contribution in [1.29, 1.82) is 5.41 Å². The summed E-state index contributed by atoms with van der Waals surface area (Å²) in [6, 6.07) is -1.17. The number of nitrogens with zero attached hydrogens (tertiary/aromatic N) is 2. The maximum Gasteiger partial charge on any atom is 0.413 e. The van der Waals surface area contributed by atoms with Crippen LogP contribution < -0.4 is 30.7 Å². The summed E-state index contributed by atoms with van der Waals surface area (Å²) in [5.74, 6) is -1.69. The minimum absolute atomic E-state index is 0.0290. The van der Waals surface area contributed by atoms with Crippen LogP contribution in [-0.2, 0) is 23.9 Å². The van der Waals surface area contributed by atoms with Crippen LogP contribution in [-0.4, -0.2) is 101 Å². The Labute approximate surface area is 277 Å². The number of carbonyl (C=O) groups excluding carboxylic acids is 5. The largest absolute Gasteiger partial charge is 0.490 e. The van der Waals surface area contributed by atoms with Crippen LogP contribution in [0.2, 0.25) is 0 Å². The van der Waals surface area contributed by atoms with E-state index in [1.165, 1.54) is 12.3 Å². The van der Waals surface area contributed by atoms with Crippen molar-refractivity contribution in [2.75, 3.05) is 32.1 Å². The topological polar surface area (TPSA) is 219 Å². The lowest BCUT2D eigenvalue weighted by atomic mass is 9.99. The van der Waals surface area contributed by atoms with Gasteiger partial charge in [0, 0.05) is 11.8 Å². The first kappa shape index (κ1) is 37.1. The van der Waals surface area contributed by atoms with E-state index in [-0.39, 0.29) is 23.2 Å². The molecule has 0 aliphatic carbocycles. The number of aliphatic imine (C=N–C) groups is 1. The normalized spacial score (nSPS) is 18.5. The summed E-state index contributed by atoms with van der Waals surface area (Å²) in [7, 11) is 0. The second-order valence-electron chi connectivity index (χ2n) is 11.7. The van der Waals surface area contributed by atoms with Gasteiger partial charge in [-0.25, -0.2) is 9.78 Å². The van der Waals surface area contributed by atoms with E-state index in [1.54, 1.807) is 20.8 Å². The first-order valence-corrected chi connectivity index (χ1v) is 16.4. The maximum absolute atomic E-state index is 12.7. The molecule has 47 heavy (non-hydrogen) atoms. The molecule has 4 amide bonds. The number of esters is 1. The average Bonchev–Trinajstić information content (AvgIpc) is 3.48. The number of β-lactam (4-membered cyclic amide) rings is 1. The number of amidine groups is 1. The molecule has 3 heterocycles. The lowest BCUT2D eigenvalue weighted by molar-refractivity contribution is -0.148. The number of ether oxygens (including phenoxy) is 4. The van der Waals surface area contributed by atoms with Gasteiger partial charge in [-0.2, -0.15) is 0 Å². The van der Waals surface area contributed by atoms with Gasteiger partial charge < -0.3 is 34.9 Å². The molecule has 3 rings (SSSR count). The van der Waals surface area contributed by atoms with Crippen LogP contribution in [0.25, 0.3) is 0 Å². The van der Waals surface area contributed by atoms with Gasteiger partial charge in [-0.1, -0.05) is 38.5 Å².